The van der Waals surface area contributed by atoms with E-state index in [1.165, 1.54) is 17.8 Å². The lowest BCUT2D eigenvalue weighted by Crippen LogP contribution is -2.06. The van der Waals surface area contributed by atoms with Crippen LogP contribution in [0.15, 0.2) is 32.8 Å². The summed E-state index contributed by atoms with van der Waals surface area (Å²) in [5.74, 6) is 1.40. The van der Waals surface area contributed by atoms with Crippen LogP contribution in [0.3, 0.4) is 0 Å². The van der Waals surface area contributed by atoms with E-state index in [1.54, 1.807) is 24.3 Å². The van der Waals surface area contributed by atoms with E-state index in [4.69, 9.17) is 9.15 Å². The molecule has 118 valence electrons. The molecule has 4 nitrogen and oxygen atoms in total. The van der Waals surface area contributed by atoms with Crippen molar-refractivity contribution in [2.24, 2.45) is 0 Å². The lowest BCUT2D eigenvalue weighted by atomic mass is 10.1. The molecule has 0 aliphatic heterocycles. The van der Waals surface area contributed by atoms with Gasteiger partial charge in [0.05, 0.1) is 16.1 Å². The molecular formula is C18H17NO3S. The first-order chi connectivity index (χ1) is 11.1. The summed E-state index contributed by atoms with van der Waals surface area (Å²) in [5, 5.41) is 4.15. The van der Waals surface area contributed by atoms with Gasteiger partial charge in [0.2, 0.25) is 0 Å². The molecule has 4 rings (SSSR count). The average molecular weight is 327 g/mol. The van der Waals surface area contributed by atoms with Crippen LogP contribution < -0.4 is 10.4 Å². The molecule has 1 aromatic carbocycles. The molecule has 0 unspecified atom stereocenters. The van der Waals surface area contributed by atoms with Gasteiger partial charge in [-0.15, -0.1) is 11.3 Å². The largest absolute Gasteiger partial charge is 0.486 e. The minimum Gasteiger partial charge on any atom is -0.486 e. The molecule has 3 aromatic rings. The third-order valence-electron chi connectivity index (χ3n) is 4.31. The molecule has 1 fully saturated rings. The molecule has 0 atom stereocenters. The van der Waals surface area contributed by atoms with Gasteiger partial charge in [-0.25, -0.2) is 9.78 Å². The van der Waals surface area contributed by atoms with Gasteiger partial charge >= 0.3 is 5.63 Å². The molecule has 5 heteroatoms. The summed E-state index contributed by atoms with van der Waals surface area (Å²) in [6.45, 7) is 4.13. The fourth-order valence-corrected chi connectivity index (χ4v) is 3.64. The van der Waals surface area contributed by atoms with E-state index in [9.17, 15) is 4.79 Å². The molecule has 1 aliphatic carbocycles. The number of nitrogens with zero attached hydrogens (tertiary/aromatic N) is 1. The van der Waals surface area contributed by atoms with Crippen molar-refractivity contribution in [3.05, 3.63) is 55.8 Å². The number of benzene rings is 1. The Morgan fingerprint density at radius 1 is 1.30 bits per heavy atom. The van der Waals surface area contributed by atoms with E-state index >= 15 is 0 Å². The first-order valence-electron chi connectivity index (χ1n) is 7.73. The van der Waals surface area contributed by atoms with E-state index in [0.29, 0.717) is 23.7 Å². The zero-order valence-corrected chi connectivity index (χ0v) is 13.9. The van der Waals surface area contributed by atoms with Gasteiger partial charge < -0.3 is 9.15 Å². The number of hydrogen-bond acceptors (Lipinski definition) is 5. The fraction of sp³-hybridized carbons (Fsp3) is 0.333. The molecule has 23 heavy (non-hydrogen) atoms. The van der Waals surface area contributed by atoms with Crippen molar-refractivity contribution in [1.29, 1.82) is 0 Å². The Hall–Kier alpha value is -2.14. The molecule has 2 aromatic heterocycles. The van der Waals surface area contributed by atoms with E-state index in [2.05, 4.69) is 10.4 Å². The monoisotopic (exact) mass is 327 g/mol. The Balaban J connectivity index is 1.65. The minimum atomic E-state index is -0.291. The maximum absolute atomic E-state index is 11.8. The summed E-state index contributed by atoms with van der Waals surface area (Å²) < 4.78 is 11.3. The van der Waals surface area contributed by atoms with Crippen molar-refractivity contribution in [3.8, 4) is 5.75 Å². The maximum atomic E-state index is 11.8. The Morgan fingerprint density at radius 3 is 2.91 bits per heavy atom. The van der Waals surface area contributed by atoms with Gasteiger partial charge in [-0.1, -0.05) is 6.07 Å². The summed E-state index contributed by atoms with van der Waals surface area (Å²) in [6, 6.07) is 5.54. The highest BCUT2D eigenvalue weighted by Crippen LogP contribution is 2.41. The molecular weight excluding hydrogens is 310 g/mol. The van der Waals surface area contributed by atoms with Crippen LogP contribution in [0.5, 0.6) is 5.75 Å². The van der Waals surface area contributed by atoms with Crippen molar-refractivity contribution < 1.29 is 9.15 Å². The first-order valence-corrected chi connectivity index (χ1v) is 8.61. The van der Waals surface area contributed by atoms with Crippen molar-refractivity contribution in [2.45, 2.75) is 39.2 Å². The second-order valence-electron chi connectivity index (χ2n) is 6.01. The number of rotatable bonds is 4. The van der Waals surface area contributed by atoms with Crippen LogP contribution in [-0.4, -0.2) is 4.98 Å². The molecule has 0 bridgehead atoms. The predicted molar refractivity (Wildman–Crippen MR) is 90.4 cm³/mol. The zero-order chi connectivity index (χ0) is 16.0. The van der Waals surface area contributed by atoms with E-state index in [-0.39, 0.29) is 5.63 Å². The summed E-state index contributed by atoms with van der Waals surface area (Å²) in [4.78, 5) is 16.4. The lowest BCUT2D eigenvalue weighted by molar-refractivity contribution is 0.305. The maximum Gasteiger partial charge on any atom is 0.339 e. The molecule has 0 amide bonds. The number of hydrogen-bond donors (Lipinski definition) is 0. The first kappa shape index (κ1) is 14.5. The molecule has 0 saturated heterocycles. The fourth-order valence-electron chi connectivity index (χ4n) is 2.66. The Morgan fingerprint density at radius 2 is 2.13 bits per heavy atom. The highest BCUT2D eigenvalue weighted by Gasteiger charge is 2.26. The van der Waals surface area contributed by atoms with Crippen LogP contribution in [-0.2, 0) is 6.61 Å². The Kier molecular flexibility index (Phi) is 3.45. The third kappa shape index (κ3) is 2.65. The Labute approximate surface area is 137 Å². The zero-order valence-electron chi connectivity index (χ0n) is 13.1. The normalized spacial score (nSPS) is 14.3. The van der Waals surface area contributed by atoms with Crippen LogP contribution >= 0.6 is 11.3 Å². The van der Waals surface area contributed by atoms with E-state index in [1.807, 2.05) is 19.1 Å². The number of aromatic nitrogens is 1. The second-order valence-corrected chi connectivity index (χ2v) is 6.90. The van der Waals surface area contributed by atoms with Gasteiger partial charge in [0, 0.05) is 16.9 Å². The van der Waals surface area contributed by atoms with Crippen LogP contribution in [0.2, 0.25) is 0 Å². The van der Waals surface area contributed by atoms with Gasteiger partial charge in [-0.2, -0.15) is 0 Å². The molecule has 0 spiro atoms. The van der Waals surface area contributed by atoms with Gasteiger partial charge in [0.25, 0.3) is 0 Å². The van der Waals surface area contributed by atoms with Gasteiger partial charge in [-0.3, -0.25) is 0 Å². The Bertz CT molecular complexity index is 937. The number of aryl methyl sites for hydroxylation is 1. The lowest BCUT2D eigenvalue weighted by Gasteiger charge is -2.10. The van der Waals surface area contributed by atoms with Crippen LogP contribution in [0.4, 0.5) is 0 Å². The SMILES string of the molecule is Cc1c(C)c2c(OCc3csc(C4CC4)n3)cccc2oc1=O. The van der Waals surface area contributed by atoms with Gasteiger partial charge in [0.15, 0.2) is 0 Å². The number of thiazole rings is 1. The van der Waals surface area contributed by atoms with Crippen LogP contribution in [0, 0.1) is 13.8 Å². The van der Waals surface area contributed by atoms with Crippen molar-refractivity contribution in [1.82, 2.24) is 4.98 Å². The van der Waals surface area contributed by atoms with Crippen molar-refractivity contribution >= 4 is 22.3 Å². The van der Waals surface area contributed by atoms with Gasteiger partial charge in [0.1, 0.15) is 17.9 Å². The summed E-state index contributed by atoms with van der Waals surface area (Å²) in [7, 11) is 0. The summed E-state index contributed by atoms with van der Waals surface area (Å²) >= 11 is 1.72. The predicted octanol–water partition coefficient (Wildman–Crippen LogP) is 4.32. The van der Waals surface area contributed by atoms with E-state index in [0.717, 1.165) is 22.4 Å². The summed E-state index contributed by atoms with van der Waals surface area (Å²) in [5.41, 5.74) is 2.76. The minimum absolute atomic E-state index is 0.291. The smallest absolute Gasteiger partial charge is 0.339 e. The quantitative estimate of drug-likeness (QED) is 0.670. The van der Waals surface area contributed by atoms with E-state index < -0.39 is 0 Å². The van der Waals surface area contributed by atoms with Crippen molar-refractivity contribution in [3.63, 3.8) is 0 Å². The molecule has 0 radical (unpaired) electrons. The van der Waals surface area contributed by atoms with Crippen LogP contribution in [0.25, 0.3) is 11.0 Å². The molecule has 1 saturated carbocycles. The van der Waals surface area contributed by atoms with Crippen molar-refractivity contribution in [2.75, 3.05) is 0 Å². The topological polar surface area (TPSA) is 52.3 Å². The number of fused-ring (bicyclic) bond motifs is 1. The van der Waals surface area contributed by atoms with Gasteiger partial charge in [-0.05, 0) is 44.4 Å². The molecule has 1 aliphatic rings. The third-order valence-corrected chi connectivity index (χ3v) is 5.36. The highest BCUT2D eigenvalue weighted by atomic mass is 32.1. The standard InChI is InChI=1S/C18H17NO3S/c1-10-11(2)18(20)22-15-5-3-4-14(16(10)15)21-8-13-9-23-17(19-13)12-6-7-12/h3-5,9,12H,6-8H2,1-2H3. The molecule has 0 N–H and O–H groups in total. The summed E-state index contributed by atoms with van der Waals surface area (Å²) in [6.07, 6.45) is 2.52. The number of ether oxygens (including phenoxy) is 1. The highest BCUT2D eigenvalue weighted by molar-refractivity contribution is 7.09. The average Bonchev–Trinajstić information content (AvgIpc) is 3.29. The second kappa shape index (κ2) is 5.49. The molecule has 2 heterocycles. The van der Waals surface area contributed by atoms with Crippen LogP contribution in [0.1, 0.15) is 40.6 Å².